The molecule has 1 aromatic carbocycles. The van der Waals surface area contributed by atoms with Crippen molar-refractivity contribution in [2.24, 2.45) is 11.5 Å². The number of fused-ring (bicyclic) bond motifs is 1. The van der Waals surface area contributed by atoms with Crippen molar-refractivity contribution in [2.45, 2.75) is 32.4 Å². The summed E-state index contributed by atoms with van der Waals surface area (Å²) in [6.07, 6.45) is 0.208. The lowest BCUT2D eigenvalue weighted by Crippen LogP contribution is -2.46. The smallest absolute Gasteiger partial charge is 0.240 e. The Bertz CT molecular complexity index is 542. The normalized spacial score (nSPS) is 17.8. The molecule has 0 fully saturated rings. The highest BCUT2D eigenvalue weighted by atomic mass is 16.5. The van der Waals surface area contributed by atoms with E-state index in [1.165, 1.54) is 4.90 Å². The monoisotopic (exact) mass is 277 g/mol. The van der Waals surface area contributed by atoms with Crippen LogP contribution >= 0.6 is 0 Å². The first kappa shape index (κ1) is 14.3. The molecule has 6 nitrogen and oxygen atoms in total. The zero-order valence-corrected chi connectivity index (χ0v) is 11.6. The minimum absolute atomic E-state index is 0.176. The lowest BCUT2D eigenvalue weighted by atomic mass is 10.1. The molecule has 0 spiro atoms. The Kier molecular flexibility index (Phi) is 3.94. The second kappa shape index (κ2) is 5.50. The Balaban J connectivity index is 2.54. The summed E-state index contributed by atoms with van der Waals surface area (Å²) in [6, 6.07) is 4.50. The van der Waals surface area contributed by atoms with E-state index in [0.717, 1.165) is 5.56 Å². The van der Waals surface area contributed by atoms with E-state index in [9.17, 15) is 9.59 Å². The summed E-state index contributed by atoms with van der Waals surface area (Å²) in [5, 5.41) is 0. The number of anilines is 1. The molecular formula is C14H19N3O3. The number of carbonyl (C=O) groups is 2. The minimum Gasteiger partial charge on any atom is -0.491 e. The summed E-state index contributed by atoms with van der Waals surface area (Å²) in [5.41, 5.74) is 12.6. The molecule has 2 atom stereocenters. The molecule has 20 heavy (non-hydrogen) atoms. The van der Waals surface area contributed by atoms with E-state index in [0.29, 0.717) is 11.4 Å². The number of benzene rings is 1. The molecule has 108 valence electrons. The maximum Gasteiger partial charge on any atom is 0.240 e. The van der Waals surface area contributed by atoms with Gasteiger partial charge in [0.1, 0.15) is 11.8 Å². The number of amides is 2. The Morgan fingerprint density at radius 3 is 2.70 bits per heavy atom. The van der Waals surface area contributed by atoms with Crippen LogP contribution in [-0.4, -0.2) is 24.5 Å². The number of primary amides is 1. The van der Waals surface area contributed by atoms with Crippen LogP contribution in [0.4, 0.5) is 5.69 Å². The number of hydrogen-bond acceptors (Lipinski definition) is 4. The molecule has 2 unspecified atom stereocenters. The maximum absolute atomic E-state index is 12.2. The molecule has 1 heterocycles. The standard InChI is InChI=1S/C14H19N3O3/c1-8(15)10-3-4-12-11(7-10)17(9(2)14(16)19)13(18)5-6-20-12/h3-4,7-9H,5-6,15H2,1-2H3,(H2,16,19). The first-order valence-corrected chi connectivity index (χ1v) is 6.55. The van der Waals surface area contributed by atoms with Gasteiger partial charge in [-0.2, -0.15) is 0 Å². The molecule has 6 heteroatoms. The van der Waals surface area contributed by atoms with E-state index >= 15 is 0 Å². The van der Waals surface area contributed by atoms with Crippen LogP contribution in [-0.2, 0) is 9.59 Å². The Morgan fingerprint density at radius 2 is 2.10 bits per heavy atom. The lowest BCUT2D eigenvalue weighted by molar-refractivity contribution is -0.124. The fourth-order valence-corrected chi connectivity index (χ4v) is 2.18. The van der Waals surface area contributed by atoms with Crippen LogP contribution in [0.15, 0.2) is 18.2 Å². The van der Waals surface area contributed by atoms with Gasteiger partial charge in [-0.3, -0.25) is 14.5 Å². The topological polar surface area (TPSA) is 98.6 Å². The van der Waals surface area contributed by atoms with Crippen LogP contribution < -0.4 is 21.1 Å². The second-order valence-corrected chi connectivity index (χ2v) is 4.96. The van der Waals surface area contributed by atoms with Gasteiger partial charge in [-0.1, -0.05) is 6.07 Å². The van der Waals surface area contributed by atoms with Crippen molar-refractivity contribution >= 4 is 17.5 Å². The van der Waals surface area contributed by atoms with Crippen LogP contribution in [0.5, 0.6) is 5.75 Å². The van der Waals surface area contributed by atoms with Gasteiger partial charge in [-0.25, -0.2) is 0 Å². The average molecular weight is 277 g/mol. The molecule has 4 N–H and O–H groups in total. The van der Waals surface area contributed by atoms with Crippen LogP contribution in [0.2, 0.25) is 0 Å². The summed E-state index contributed by atoms with van der Waals surface area (Å²) in [4.78, 5) is 25.1. The largest absolute Gasteiger partial charge is 0.491 e. The number of hydrogen-bond donors (Lipinski definition) is 2. The van der Waals surface area contributed by atoms with Crippen LogP contribution in [0.25, 0.3) is 0 Å². The maximum atomic E-state index is 12.2. The van der Waals surface area contributed by atoms with Crippen molar-refractivity contribution in [3.8, 4) is 5.75 Å². The van der Waals surface area contributed by atoms with Crippen molar-refractivity contribution < 1.29 is 14.3 Å². The van der Waals surface area contributed by atoms with E-state index < -0.39 is 11.9 Å². The van der Waals surface area contributed by atoms with Crippen molar-refractivity contribution in [3.63, 3.8) is 0 Å². The number of nitrogens with zero attached hydrogens (tertiary/aromatic N) is 1. The minimum atomic E-state index is -0.730. The third-order valence-corrected chi connectivity index (χ3v) is 3.41. The SMILES string of the molecule is CC(N)c1ccc2c(c1)N(C(C)C(N)=O)C(=O)CCO2. The molecule has 2 rings (SSSR count). The van der Waals surface area contributed by atoms with Gasteiger partial charge in [0.25, 0.3) is 0 Å². The van der Waals surface area contributed by atoms with Crippen molar-refractivity contribution in [3.05, 3.63) is 23.8 Å². The summed E-state index contributed by atoms with van der Waals surface area (Å²) >= 11 is 0. The number of ether oxygens (including phenoxy) is 1. The number of nitrogens with two attached hydrogens (primary N) is 2. The summed E-state index contributed by atoms with van der Waals surface area (Å²) < 4.78 is 5.56. The second-order valence-electron chi connectivity index (χ2n) is 4.96. The van der Waals surface area contributed by atoms with E-state index in [1.807, 2.05) is 13.0 Å². The molecule has 1 aliphatic rings. The van der Waals surface area contributed by atoms with E-state index in [4.69, 9.17) is 16.2 Å². The predicted molar refractivity (Wildman–Crippen MR) is 75.3 cm³/mol. The van der Waals surface area contributed by atoms with Crippen LogP contribution in [0.3, 0.4) is 0 Å². The van der Waals surface area contributed by atoms with Crippen molar-refractivity contribution in [1.29, 1.82) is 0 Å². The van der Waals surface area contributed by atoms with Crippen molar-refractivity contribution in [2.75, 3.05) is 11.5 Å². The third-order valence-electron chi connectivity index (χ3n) is 3.41. The Hall–Kier alpha value is -2.08. The highest BCUT2D eigenvalue weighted by Crippen LogP contribution is 2.34. The molecule has 2 amide bonds. The van der Waals surface area contributed by atoms with Crippen LogP contribution in [0.1, 0.15) is 31.9 Å². The van der Waals surface area contributed by atoms with Gasteiger partial charge in [0.05, 0.1) is 18.7 Å². The van der Waals surface area contributed by atoms with Crippen molar-refractivity contribution in [1.82, 2.24) is 0 Å². The fourth-order valence-electron chi connectivity index (χ4n) is 2.18. The predicted octanol–water partition coefficient (Wildman–Crippen LogP) is 0.696. The summed E-state index contributed by atoms with van der Waals surface area (Å²) in [5.74, 6) is -0.178. The summed E-state index contributed by atoms with van der Waals surface area (Å²) in [6.45, 7) is 3.74. The molecular weight excluding hydrogens is 258 g/mol. The third kappa shape index (κ3) is 2.60. The molecule has 1 aliphatic heterocycles. The highest BCUT2D eigenvalue weighted by Gasteiger charge is 2.30. The zero-order chi connectivity index (χ0) is 14.9. The van der Waals surface area contributed by atoms with Gasteiger partial charge in [0.15, 0.2) is 0 Å². The molecule has 1 aromatic rings. The van der Waals surface area contributed by atoms with E-state index in [1.54, 1.807) is 19.1 Å². The van der Waals surface area contributed by atoms with Gasteiger partial charge in [0, 0.05) is 6.04 Å². The van der Waals surface area contributed by atoms with Crippen LogP contribution in [0, 0.1) is 0 Å². The summed E-state index contributed by atoms with van der Waals surface area (Å²) in [7, 11) is 0. The van der Waals surface area contributed by atoms with Gasteiger partial charge in [0.2, 0.25) is 11.8 Å². The zero-order valence-electron chi connectivity index (χ0n) is 11.6. The van der Waals surface area contributed by atoms with Gasteiger partial charge >= 0.3 is 0 Å². The quantitative estimate of drug-likeness (QED) is 0.849. The molecule has 0 bridgehead atoms. The van der Waals surface area contributed by atoms with Gasteiger partial charge in [-0.15, -0.1) is 0 Å². The Labute approximate surface area is 117 Å². The van der Waals surface area contributed by atoms with Gasteiger partial charge < -0.3 is 16.2 Å². The van der Waals surface area contributed by atoms with E-state index in [-0.39, 0.29) is 25.0 Å². The molecule has 0 saturated carbocycles. The molecule has 0 radical (unpaired) electrons. The highest BCUT2D eigenvalue weighted by molar-refractivity contribution is 6.01. The average Bonchev–Trinajstić information content (AvgIpc) is 2.55. The van der Waals surface area contributed by atoms with E-state index in [2.05, 4.69) is 0 Å². The number of carbonyl (C=O) groups excluding carboxylic acids is 2. The molecule has 0 saturated heterocycles. The molecule has 0 aromatic heterocycles. The Morgan fingerprint density at radius 1 is 1.40 bits per heavy atom. The molecule has 0 aliphatic carbocycles. The lowest BCUT2D eigenvalue weighted by Gasteiger charge is -2.27. The first-order chi connectivity index (χ1) is 9.41. The first-order valence-electron chi connectivity index (χ1n) is 6.55. The van der Waals surface area contributed by atoms with Gasteiger partial charge in [-0.05, 0) is 31.5 Å². The fraction of sp³-hybridized carbons (Fsp3) is 0.429. The number of rotatable bonds is 3.